The lowest BCUT2D eigenvalue weighted by atomic mass is 10.1. The smallest absolute Gasteiger partial charge is 0.294 e. The van der Waals surface area contributed by atoms with Crippen molar-refractivity contribution in [2.45, 2.75) is 50.7 Å². The molecule has 0 aliphatic carbocycles. The zero-order valence-electron chi connectivity index (χ0n) is 14.7. The van der Waals surface area contributed by atoms with Crippen molar-refractivity contribution >= 4 is 35.3 Å². The van der Waals surface area contributed by atoms with Crippen LogP contribution in [0.25, 0.3) is 11.2 Å². The molecule has 1 unspecified atom stereocenters. The first-order valence-corrected chi connectivity index (χ1v) is 11.1. The Morgan fingerprint density at radius 3 is 2.82 bits per heavy atom. The van der Waals surface area contributed by atoms with Gasteiger partial charge >= 0.3 is 0 Å². The van der Waals surface area contributed by atoms with Crippen molar-refractivity contribution in [1.82, 2.24) is 19.5 Å². The Balaban J connectivity index is 1.73. The predicted octanol–water partition coefficient (Wildman–Crippen LogP) is 2.34. The van der Waals surface area contributed by atoms with Crippen LogP contribution in [0.4, 0.5) is 19.0 Å². The van der Waals surface area contributed by atoms with Gasteiger partial charge in [-0.15, -0.1) is 0 Å². The summed E-state index contributed by atoms with van der Waals surface area (Å²) in [6.07, 6.45) is -7.02. The monoisotopic (exact) mass is 439 g/mol. The molecule has 2 N–H and O–H groups in total. The minimum absolute atomic E-state index is 0.0616. The zero-order chi connectivity index (χ0) is 20.3. The molecule has 5 atom stereocenters. The summed E-state index contributed by atoms with van der Waals surface area (Å²) < 4.78 is 66.1. The van der Waals surface area contributed by atoms with E-state index in [2.05, 4.69) is 15.0 Å². The fraction of sp³-hybridized carbons (Fsp3) is 0.643. The summed E-state index contributed by atoms with van der Waals surface area (Å²) in [6, 6.07) is 0. The van der Waals surface area contributed by atoms with Crippen LogP contribution in [0.5, 0.6) is 0 Å². The quantitative estimate of drug-likeness (QED) is 0.719. The largest absolute Gasteiger partial charge is 0.382 e. The van der Waals surface area contributed by atoms with E-state index >= 15 is 4.39 Å². The lowest BCUT2D eigenvalue weighted by Crippen LogP contribution is -2.54. The van der Waals surface area contributed by atoms with Gasteiger partial charge < -0.3 is 24.3 Å². The molecular weight excluding hydrogens is 422 g/mol. The van der Waals surface area contributed by atoms with Gasteiger partial charge in [-0.25, -0.2) is 28.1 Å². The van der Waals surface area contributed by atoms with E-state index in [4.69, 9.17) is 36.1 Å². The molecule has 0 radical (unpaired) electrons. The van der Waals surface area contributed by atoms with Crippen LogP contribution in [0.1, 0.15) is 20.1 Å². The minimum Gasteiger partial charge on any atom is -0.382 e. The molecular formula is C14H17F3N5O4PS. The van der Waals surface area contributed by atoms with Gasteiger partial charge in [-0.1, -0.05) is 0 Å². The van der Waals surface area contributed by atoms with Crippen molar-refractivity contribution in [2.24, 2.45) is 0 Å². The van der Waals surface area contributed by atoms with Gasteiger partial charge in [0.05, 0.1) is 12.4 Å². The first-order chi connectivity index (χ1) is 13.2. The normalized spacial score (nSPS) is 35.8. The maximum atomic E-state index is 15.3. The molecule has 4 rings (SSSR count). The highest BCUT2D eigenvalue weighted by atomic mass is 32.5. The minimum atomic E-state index is -3.20. The lowest BCUT2D eigenvalue weighted by Gasteiger charge is -2.41. The summed E-state index contributed by atoms with van der Waals surface area (Å²) in [7, 11) is 0. The number of nitrogen functional groups attached to an aromatic ring is 1. The molecule has 2 aromatic heterocycles. The van der Waals surface area contributed by atoms with Crippen LogP contribution in [-0.4, -0.2) is 56.5 Å². The van der Waals surface area contributed by atoms with Gasteiger partial charge in [0.15, 0.2) is 30.0 Å². The van der Waals surface area contributed by atoms with Gasteiger partial charge in [0.1, 0.15) is 18.2 Å². The van der Waals surface area contributed by atoms with Crippen molar-refractivity contribution in [3.05, 3.63) is 12.7 Å². The van der Waals surface area contributed by atoms with Gasteiger partial charge in [-0.05, 0) is 25.7 Å². The summed E-state index contributed by atoms with van der Waals surface area (Å²) in [5.74, 6) is -2.56. The fourth-order valence-electron chi connectivity index (χ4n) is 3.20. The standard InChI is InChI=1S/C14H17F3N5O4PS/c1-6(2)25-27(28)5-23-14(13(16)17)9(26-27)7(15)12(24-14)22-4-21-8-10(18)19-3-20-11(8)22/h3-4,6-7,9,12-13H,5H2,1-2H3,(H2,18,19,20)/t7-,9+,12-,14-,27?/m1/s1. The first-order valence-electron chi connectivity index (χ1n) is 8.30. The van der Waals surface area contributed by atoms with Crippen LogP contribution < -0.4 is 5.73 Å². The average Bonchev–Trinajstić information content (AvgIpc) is 3.15. The Kier molecular flexibility index (Phi) is 4.88. The lowest BCUT2D eigenvalue weighted by molar-refractivity contribution is -0.317. The molecule has 0 bridgehead atoms. The molecule has 154 valence electrons. The van der Waals surface area contributed by atoms with E-state index in [1.807, 2.05) is 0 Å². The Labute approximate surface area is 162 Å². The summed E-state index contributed by atoms with van der Waals surface area (Å²) in [6.45, 7) is 0.276. The number of anilines is 1. The molecule has 2 saturated heterocycles. The van der Waals surface area contributed by atoms with Gasteiger partial charge in [0.25, 0.3) is 12.2 Å². The molecule has 4 heterocycles. The molecule has 0 amide bonds. The van der Waals surface area contributed by atoms with Gasteiger partial charge in [-0.2, -0.15) is 0 Å². The number of hydrogen-bond acceptors (Lipinski definition) is 9. The highest BCUT2D eigenvalue weighted by Gasteiger charge is 2.67. The van der Waals surface area contributed by atoms with Gasteiger partial charge in [0, 0.05) is 0 Å². The van der Waals surface area contributed by atoms with Crippen LogP contribution in [0.15, 0.2) is 12.7 Å². The topological polar surface area (TPSA) is 107 Å². The van der Waals surface area contributed by atoms with Crippen LogP contribution in [0.3, 0.4) is 0 Å². The number of nitrogens with two attached hydrogens (primary N) is 1. The second-order valence-corrected chi connectivity index (χ2v) is 10.2. The molecule has 0 saturated carbocycles. The van der Waals surface area contributed by atoms with Crippen molar-refractivity contribution in [2.75, 3.05) is 12.1 Å². The highest BCUT2D eigenvalue weighted by Crippen LogP contribution is 2.61. The number of imidazole rings is 1. The van der Waals surface area contributed by atoms with E-state index in [1.54, 1.807) is 13.8 Å². The summed E-state index contributed by atoms with van der Waals surface area (Å²) in [5, 5.41) is 0. The first kappa shape index (κ1) is 19.9. The maximum Gasteiger partial charge on any atom is 0.294 e. The number of nitrogens with zero attached hydrogens (tertiary/aromatic N) is 4. The van der Waals surface area contributed by atoms with E-state index in [1.165, 1.54) is 6.33 Å². The number of fused-ring (bicyclic) bond motifs is 2. The van der Waals surface area contributed by atoms with Gasteiger partial charge in [0.2, 0.25) is 6.49 Å². The van der Waals surface area contributed by atoms with Crippen molar-refractivity contribution in [3.8, 4) is 0 Å². The van der Waals surface area contributed by atoms with Crippen molar-refractivity contribution in [1.29, 1.82) is 0 Å². The third-order valence-electron chi connectivity index (χ3n) is 4.32. The second kappa shape index (κ2) is 6.85. The molecule has 14 heteroatoms. The third-order valence-corrected chi connectivity index (χ3v) is 6.89. The predicted molar refractivity (Wildman–Crippen MR) is 94.8 cm³/mol. The number of halogens is 3. The third kappa shape index (κ3) is 3.01. The molecule has 0 spiro atoms. The van der Waals surface area contributed by atoms with Crippen LogP contribution in [0, 0.1) is 0 Å². The summed E-state index contributed by atoms with van der Waals surface area (Å²) in [5.41, 5.74) is 6.03. The maximum absolute atomic E-state index is 15.3. The van der Waals surface area contributed by atoms with Gasteiger partial charge in [-0.3, -0.25) is 4.57 Å². The van der Waals surface area contributed by atoms with E-state index < -0.39 is 43.6 Å². The molecule has 2 aliphatic rings. The van der Waals surface area contributed by atoms with E-state index in [9.17, 15) is 8.78 Å². The Morgan fingerprint density at radius 1 is 1.39 bits per heavy atom. The number of hydrogen-bond donors (Lipinski definition) is 1. The van der Waals surface area contributed by atoms with Crippen LogP contribution >= 0.6 is 6.49 Å². The highest BCUT2D eigenvalue weighted by molar-refractivity contribution is 8.09. The summed E-state index contributed by atoms with van der Waals surface area (Å²) >= 11 is 5.29. The molecule has 2 aliphatic heterocycles. The number of rotatable bonds is 4. The van der Waals surface area contributed by atoms with E-state index in [-0.39, 0.29) is 23.1 Å². The Morgan fingerprint density at radius 2 is 2.14 bits per heavy atom. The molecule has 2 fully saturated rings. The molecule has 9 nitrogen and oxygen atoms in total. The molecule has 28 heavy (non-hydrogen) atoms. The van der Waals surface area contributed by atoms with Crippen molar-refractivity contribution in [3.63, 3.8) is 0 Å². The van der Waals surface area contributed by atoms with Crippen LogP contribution in [-0.2, 0) is 30.3 Å². The number of aromatic nitrogens is 4. The van der Waals surface area contributed by atoms with E-state index in [0.717, 1.165) is 10.9 Å². The zero-order valence-corrected chi connectivity index (χ0v) is 16.4. The molecule has 2 aromatic rings. The van der Waals surface area contributed by atoms with Crippen molar-refractivity contribution < 1.29 is 31.7 Å². The Bertz CT molecular complexity index is 949. The second-order valence-electron chi connectivity index (χ2n) is 6.62. The number of alkyl halides is 3. The molecule has 0 aromatic carbocycles. The number of ether oxygens (including phenoxy) is 2. The Hall–Kier alpha value is -1.37. The SMILES string of the molecule is CC(C)OP1(=S)CO[C@@]2(C(F)F)O[C@@H](n3cnc4c(N)ncnc43)[C@H](F)[C@@H]2O1. The average molecular weight is 439 g/mol. The van der Waals surface area contributed by atoms with E-state index in [0.29, 0.717) is 0 Å². The summed E-state index contributed by atoms with van der Waals surface area (Å²) in [4.78, 5) is 11.8. The fourth-order valence-corrected chi connectivity index (χ4v) is 5.94. The van der Waals surface area contributed by atoms with Crippen LogP contribution in [0.2, 0.25) is 0 Å².